The first kappa shape index (κ1) is 15.4. The quantitative estimate of drug-likeness (QED) is 0.913. The molecule has 1 N–H and O–H groups in total. The summed E-state index contributed by atoms with van der Waals surface area (Å²) in [5, 5.41) is 3.02. The number of ether oxygens (including phenoxy) is 2. The van der Waals surface area contributed by atoms with Gasteiger partial charge in [-0.05, 0) is 30.7 Å². The number of rotatable bonds is 5. The van der Waals surface area contributed by atoms with E-state index in [9.17, 15) is 0 Å². The van der Waals surface area contributed by atoms with Crippen molar-refractivity contribution in [2.75, 3.05) is 14.2 Å². The summed E-state index contributed by atoms with van der Waals surface area (Å²) in [5.41, 5.74) is 1.76. The zero-order chi connectivity index (χ0) is 15.5. The first-order valence-corrected chi connectivity index (χ1v) is 6.89. The molecule has 0 aliphatic carbocycles. The maximum atomic E-state index is 5.80. The molecule has 5 heteroatoms. The molecule has 2 rings (SSSR count). The molecule has 0 saturated heterocycles. The number of benzene rings is 1. The fourth-order valence-electron chi connectivity index (χ4n) is 2.00. The Bertz CT molecular complexity index is 600. The van der Waals surface area contributed by atoms with Crippen LogP contribution in [0.3, 0.4) is 0 Å². The summed E-state index contributed by atoms with van der Waals surface area (Å²) < 4.78 is 16.4. The number of nitrogens with zero attached hydrogens (tertiary/aromatic N) is 1. The zero-order valence-electron chi connectivity index (χ0n) is 13.2. The number of methoxy groups -OCH3 is 1. The average molecular weight is 290 g/mol. The van der Waals surface area contributed by atoms with E-state index in [4.69, 9.17) is 13.9 Å². The molecule has 0 aliphatic rings. The lowest BCUT2D eigenvalue weighted by Gasteiger charge is -2.22. The second-order valence-corrected chi connectivity index (χ2v) is 5.85. The summed E-state index contributed by atoms with van der Waals surface area (Å²) in [6, 6.07) is 5.72. The smallest absolute Gasteiger partial charge is 0.399 e. The van der Waals surface area contributed by atoms with Crippen molar-refractivity contribution in [2.45, 2.75) is 32.7 Å². The van der Waals surface area contributed by atoms with Crippen LogP contribution in [0.15, 0.2) is 28.9 Å². The highest BCUT2D eigenvalue weighted by Crippen LogP contribution is 2.36. The molecule has 0 bridgehead atoms. The molecular weight excluding hydrogens is 268 g/mol. The van der Waals surface area contributed by atoms with Gasteiger partial charge in [-0.15, -0.1) is 0 Å². The number of hydrogen-bond donors (Lipinski definition) is 1. The van der Waals surface area contributed by atoms with Gasteiger partial charge in [0, 0.05) is 12.1 Å². The van der Waals surface area contributed by atoms with E-state index in [0.717, 1.165) is 22.8 Å². The van der Waals surface area contributed by atoms with Crippen molar-refractivity contribution in [1.29, 1.82) is 0 Å². The van der Waals surface area contributed by atoms with Gasteiger partial charge in [0.2, 0.25) is 0 Å². The van der Waals surface area contributed by atoms with Crippen LogP contribution in [0.1, 0.15) is 32.0 Å². The molecule has 5 nitrogen and oxygen atoms in total. The molecule has 2 aromatic rings. The molecule has 0 fully saturated rings. The normalized spacial score (nSPS) is 11.5. The SMILES string of the molecule is CNCc1coc(Oc2ccc(OC)cc2C(C)(C)C)n1. The van der Waals surface area contributed by atoms with Crippen molar-refractivity contribution >= 4 is 0 Å². The van der Waals surface area contributed by atoms with Gasteiger partial charge < -0.3 is 19.2 Å². The van der Waals surface area contributed by atoms with E-state index < -0.39 is 0 Å². The third-order valence-corrected chi connectivity index (χ3v) is 3.08. The first-order chi connectivity index (χ1) is 9.94. The monoisotopic (exact) mass is 290 g/mol. The van der Waals surface area contributed by atoms with E-state index in [1.165, 1.54) is 0 Å². The Labute approximate surface area is 125 Å². The van der Waals surface area contributed by atoms with Gasteiger partial charge in [-0.2, -0.15) is 4.98 Å². The van der Waals surface area contributed by atoms with E-state index in [2.05, 4.69) is 31.1 Å². The Morgan fingerprint density at radius 3 is 2.67 bits per heavy atom. The number of nitrogens with one attached hydrogen (secondary N) is 1. The highest BCUT2D eigenvalue weighted by Gasteiger charge is 2.21. The molecule has 0 amide bonds. The van der Waals surface area contributed by atoms with Gasteiger partial charge in [0.1, 0.15) is 17.8 Å². The Kier molecular flexibility index (Phi) is 4.53. The van der Waals surface area contributed by atoms with Crippen LogP contribution in [0.5, 0.6) is 17.6 Å². The Balaban J connectivity index is 2.29. The molecule has 1 aromatic carbocycles. The van der Waals surface area contributed by atoms with E-state index in [1.807, 2.05) is 25.2 Å². The summed E-state index contributed by atoms with van der Waals surface area (Å²) in [6.45, 7) is 7.01. The summed E-state index contributed by atoms with van der Waals surface area (Å²) in [7, 11) is 3.51. The third-order valence-electron chi connectivity index (χ3n) is 3.08. The average Bonchev–Trinajstić information content (AvgIpc) is 2.86. The van der Waals surface area contributed by atoms with E-state index >= 15 is 0 Å². The van der Waals surface area contributed by atoms with E-state index in [0.29, 0.717) is 6.54 Å². The lowest BCUT2D eigenvalue weighted by molar-refractivity contribution is 0.322. The molecule has 21 heavy (non-hydrogen) atoms. The predicted octanol–water partition coefficient (Wildman–Crippen LogP) is 3.49. The molecule has 1 heterocycles. The molecule has 0 unspecified atom stereocenters. The fraction of sp³-hybridized carbons (Fsp3) is 0.438. The standard InChI is InChI=1S/C16H22N2O3/c1-16(2,3)13-8-12(19-5)6-7-14(13)21-15-18-11(9-17-4)10-20-15/h6-8,10,17H,9H2,1-5H3. The van der Waals surface area contributed by atoms with Crippen LogP contribution >= 0.6 is 0 Å². The summed E-state index contributed by atoms with van der Waals surface area (Å²) in [5.74, 6) is 1.52. The van der Waals surface area contributed by atoms with Gasteiger partial charge in [-0.3, -0.25) is 0 Å². The first-order valence-electron chi connectivity index (χ1n) is 6.89. The second-order valence-electron chi connectivity index (χ2n) is 5.85. The van der Waals surface area contributed by atoms with E-state index in [1.54, 1.807) is 13.4 Å². The van der Waals surface area contributed by atoms with Crippen LogP contribution < -0.4 is 14.8 Å². The number of hydrogen-bond acceptors (Lipinski definition) is 5. The van der Waals surface area contributed by atoms with Gasteiger partial charge >= 0.3 is 6.08 Å². The van der Waals surface area contributed by atoms with Crippen LogP contribution in [0.4, 0.5) is 0 Å². The molecule has 0 saturated carbocycles. The topological polar surface area (TPSA) is 56.5 Å². The molecule has 0 spiro atoms. The van der Waals surface area contributed by atoms with Crippen molar-refractivity contribution in [3.8, 4) is 17.6 Å². The minimum absolute atomic E-state index is 0.0791. The van der Waals surface area contributed by atoms with Crippen LogP contribution in [-0.2, 0) is 12.0 Å². The largest absolute Gasteiger partial charge is 0.497 e. The zero-order valence-corrected chi connectivity index (χ0v) is 13.2. The van der Waals surface area contributed by atoms with Crippen molar-refractivity contribution in [1.82, 2.24) is 10.3 Å². The lowest BCUT2D eigenvalue weighted by Crippen LogP contribution is -2.12. The van der Waals surface area contributed by atoms with Crippen LogP contribution in [0.25, 0.3) is 0 Å². The highest BCUT2D eigenvalue weighted by molar-refractivity contribution is 5.45. The maximum absolute atomic E-state index is 5.80. The molecule has 114 valence electrons. The van der Waals surface area contributed by atoms with Crippen molar-refractivity contribution < 1.29 is 13.9 Å². The Morgan fingerprint density at radius 1 is 1.29 bits per heavy atom. The van der Waals surface area contributed by atoms with Crippen molar-refractivity contribution in [3.63, 3.8) is 0 Å². The van der Waals surface area contributed by atoms with E-state index in [-0.39, 0.29) is 11.5 Å². The predicted molar refractivity (Wildman–Crippen MR) is 81.0 cm³/mol. The fourth-order valence-corrected chi connectivity index (χ4v) is 2.00. The Hall–Kier alpha value is -2.01. The maximum Gasteiger partial charge on any atom is 0.399 e. The lowest BCUT2D eigenvalue weighted by atomic mass is 9.86. The number of oxazole rings is 1. The molecule has 0 atom stereocenters. The second kappa shape index (κ2) is 6.18. The van der Waals surface area contributed by atoms with Gasteiger partial charge in [0.25, 0.3) is 0 Å². The summed E-state index contributed by atoms with van der Waals surface area (Å²) in [6.07, 6.45) is 1.84. The van der Waals surface area contributed by atoms with Gasteiger partial charge in [-0.1, -0.05) is 20.8 Å². The minimum Gasteiger partial charge on any atom is -0.497 e. The van der Waals surface area contributed by atoms with Gasteiger partial charge in [0.15, 0.2) is 0 Å². The highest BCUT2D eigenvalue weighted by atomic mass is 16.6. The molecule has 0 aliphatic heterocycles. The van der Waals surface area contributed by atoms with Crippen LogP contribution in [0, 0.1) is 0 Å². The van der Waals surface area contributed by atoms with Crippen molar-refractivity contribution in [3.05, 3.63) is 35.7 Å². The Morgan fingerprint density at radius 2 is 2.05 bits per heavy atom. The van der Waals surface area contributed by atoms with Gasteiger partial charge in [0.05, 0.1) is 12.8 Å². The summed E-state index contributed by atoms with van der Waals surface area (Å²) >= 11 is 0. The number of aromatic nitrogens is 1. The summed E-state index contributed by atoms with van der Waals surface area (Å²) in [4.78, 5) is 4.28. The third kappa shape index (κ3) is 3.76. The van der Waals surface area contributed by atoms with Crippen LogP contribution in [0.2, 0.25) is 0 Å². The van der Waals surface area contributed by atoms with Gasteiger partial charge in [-0.25, -0.2) is 0 Å². The van der Waals surface area contributed by atoms with Crippen molar-refractivity contribution in [2.24, 2.45) is 0 Å². The molecular formula is C16H22N2O3. The molecule has 1 aromatic heterocycles. The molecule has 0 radical (unpaired) electrons. The van der Waals surface area contributed by atoms with Crippen LogP contribution in [-0.4, -0.2) is 19.1 Å². The minimum atomic E-state index is -0.0791.